The van der Waals surface area contributed by atoms with Gasteiger partial charge in [-0.15, -0.1) is 0 Å². The van der Waals surface area contributed by atoms with Crippen molar-refractivity contribution in [3.8, 4) is 34.5 Å². The molecule has 1 saturated heterocycles. The van der Waals surface area contributed by atoms with Crippen LogP contribution in [-0.2, 0) is 19.1 Å². The van der Waals surface area contributed by atoms with E-state index in [1.807, 2.05) is 36.4 Å². The number of hydrogen-bond donors (Lipinski definition) is 0. The van der Waals surface area contributed by atoms with Gasteiger partial charge in [-0.1, -0.05) is 0 Å². The van der Waals surface area contributed by atoms with Gasteiger partial charge in [0, 0.05) is 21.0 Å². The highest BCUT2D eigenvalue weighted by molar-refractivity contribution is 14.1. The van der Waals surface area contributed by atoms with Crippen LogP contribution in [0, 0.1) is 15.4 Å². The molecule has 214 valence electrons. The fourth-order valence-electron chi connectivity index (χ4n) is 5.79. The molecule has 1 fully saturated rings. The van der Waals surface area contributed by atoms with Crippen LogP contribution < -0.4 is 28.4 Å². The second-order valence-corrected chi connectivity index (χ2v) is 11.0. The SMILES string of the molecule is COc1cc([C@@H]2c3cc4c(cc3[C@H](OC(=O)COc3ccc(I)cc3)C3COC(=O)[C@@H]32)OCO4)cc(OC)c1OC. The number of carbonyl (C=O) groups is 2. The Balaban J connectivity index is 1.41. The monoisotopic (exact) mass is 674 g/mol. The summed E-state index contributed by atoms with van der Waals surface area (Å²) in [4.78, 5) is 26.4. The average molecular weight is 674 g/mol. The molecule has 3 aromatic carbocycles. The zero-order chi connectivity index (χ0) is 28.7. The largest absolute Gasteiger partial charge is 0.493 e. The van der Waals surface area contributed by atoms with Crippen molar-refractivity contribution < 1.29 is 47.5 Å². The van der Waals surface area contributed by atoms with Crippen molar-refractivity contribution in [1.82, 2.24) is 0 Å². The minimum absolute atomic E-state index is 0.0658. The van der Waals surface area contributed by atoms with E-state index < -0.39 is 29.8 Å². The van der Waals surface area contributed by atoms with Crippen molar-refractivity contribution in [3.05, 3.63) is 68.8 Å². The highest BCUT2D eigenvalue weighted by Crippen LogP contribution is 2.56. The minimum atomic E-state index is -0.776. The first-order valence-electron chi connectivity index (χ1n) is 12.9. The van der Waals surface area contributed by atoms with Crippen molar-refractivity contribution >= 4 is 34.5 Å². The van der Waals surface area contributed by atoms with Crippen LogP contribution in [0.4, 0.5) is 0 Å². The number of hydrogen-bond acceptors (Lipinski definition) is 10. The first-order chi connectivity index (χ1) is 19.9. The molecule has 0 spiro atoms. The first-order valence-corrected chi connectivity index (χ1v) is 14.0. The highest BCUT2D eigenvalue weighted by atomic mass is 127. The fourth-order valence-corrected chi connectivity index (χ4v) is 6.15. The van der Waals surface area contributed by atoms with Crippen LogP contribution in [0.3, 0.4) is 0 Å². The van der Waals surface area contributed by atoms with E-state index in [2.05, 4.69) is 22.6 Å². The van der Waals surface area contributed by atoms with Gasteiger partial charge in [-0.05, 0) is 82.2 Å². The fraction of sp³-hybridized carbons (Fsp3) is 0.333. The molecule has 11 heteroatoms. The number of methoxy groups -OCH3 is 3. The van der Waals surface area contributed by atoms with Crippen molar-refractivity contribution in [2.75, 3.05) is 41.3 Å². The van der Waals surface area contributed by atoms with Crippen LogP contribution in [0.25, 0.3) is 0 Å². The number of carbonyl (C=O) groups excluding carboxylic acids is 2. The van der Waals surface area contributed by atoms with Crippen molar-refractivity contribution in [2.45, 2.75) is 12.0 Å². The zero-order valence-electron chi connectivity index (χ0n) is 22.5. The third-order valence-electron chi connectivity index (χ3n) is 7.59. The van der Waals surface area contributed by atoms with Gasteiger partial charge in [0.1, 0.15) is 11.9 Å². The Morgan fingerprint density at radius 1 is 0.902 bits per heavy atom. The van der Waals surface area contributed by atoms with Crippen LogP contribution in [0.1, 0.15) is 28.7 Å². The van der Waals surface area contributed by atoms with E-state index in [4.69, 9.17) is 37.9 Å². The van der Waals surface area contributed by atoms with Crippen molar-refractivity contribution in [1.29, 1.82) is 0 Å². The van der Waals surface area contributed by atoms with Gasteiger partial charge in [-0.2, -0.15) is 0 Å². The predicted molar refractivity (Wildman–Crippen MR) is 152 cm³/mol. The third kappa shape index (κ3) is 4.96. The number of ether oxygens (including phenoxy) is 8. The maximum atomic E-state index is 13.3. The predicted octanol–water partition coefficient (Wildman–Crippen LogP) is 4.64. The Bertz CT molecular complexity index is 1460. The first kappa shape index (κ1) is 27.3. The zero-order valence-corrected chi connectivity index (χ0v) is 24.7. The van der Waals surface area contributed by atoms with Gasteiger partial charge in [0.05, 0.1) is 33.9 Å². The summed E-state index contributed by atoms with van der Waals surface area (Å²) in [6.07, 6.45) is -0.776. The summed E-state index contributed by atoms with van der Waals surface area (Å²) < 4.78 is 46.4. The van der Waals surface area contributed by atoms with Crippen LogP contribution in [-0.4, -0.2) is 53.3 Å². The Kier molecular flexibility index (Phi) is 7.45. The summed E-state index contributed by atoms with van der Waals surface area (Å²) >= 11 is 2.19. The van der Waals surface area contributed by atoms with Gasteiger partial charge in [0.25, 0.3) is 0 Å². The summed E-state index contributed by atoms with van der Waals surface area (Å²) in [7, 11) is 4.60. The number of halogens is 1. The Labute approximate surface area is 249 Å². The molecule has 10 nitrogen and oxygen atoms in total. The lowest BCUT2D eigenvalue weighted by atomic mass is 9.66. The molecule has 0 N–H and O–H groups in total. The van der Waals surface area contributed by atoms with E-state index in [-0.39, 0.29) is 26.0 Å². The van der Waals surface area contributed by atoms with Crippen molar-refractivity contribution in [2.24, 2.45) is 11.8 Å². The standard InChI is InChI=1S/C30H27IO10/c1-34-23-8-15(9-24(35-2)29(23)36-3)26-18-10-21-22(40-14-39-21)11-19(18)28(20-12-38-30(33)27(20)26)41-25(32)13-37-17-6-4-16(31)5-7-17/h4-11,20,26-28H,12-14H2,1-3H3/t20?,26-,27+,28+/m1/s1. The number of esters is 2. The van der Waals surface area contributed by atoms with Gasteiger partial charge < -0.3 is 37.9 Å². The van der Waals surface area contributed by atoms with Crippen LogP contribution in [0.5, 0.6) is 34.5 Å². The lowest BCUT2D eigenvalue weighted by molar-refractivity contribution is -0.156. The smallest absolute Gasteiger partial charge is 0.344 e. The van der Waals surface area contributed by atoms with Crippen LogP contribution >= 0.6 is 22.6 Å². The molecule has 0 aromatic heterocycles. The van der Waals surface area contributed by atoms with E-state index in [9.17, 15) is 9.59 Å². The molecule has 1 unspecified atom stereocenters. The summed E-state index contributed by atoms with van der Waals surface area (Å²) in [6.45, 7) is -0.135. The molecule has 0 bridgehead atoms. The Morgan fingerprint density at radius 2 is 1.56 bits per heavy atom. The minimum Gasteiger partial charge on any atom is -0.493 e. The summed E-state index contributed by atoms with van der Waals surface area (Å²) in [6, 6.07) is 14.7. The van der Waals surface area contributed by atoms with E-state index in [0.29, 0.717) is 40.1 Å². The lowest BCUT2D eigenvalue weighted by Crippen LogP contribution is -2.37. The van der Waals surface area contributed by atoms with Gasteiger partial charge in [-0.25, -0.2) is 4.79 Å². The van der Waals surface area contributed by atoms with Crippen LogP contribution in [0.15, 0.2) is 48.5 Å². The summed E-state index contributed by atoms with van der Waals surface area (Å²) in [5, 5.41) is 0. The molecular weight excluding hydrogens is 647 g/mol. The maximum absolute atomic E-state index is 13.3. The topological polar surface area (TPSA) is 108 Å². The van der Waals surface area contributed by atoms with Gasteiger partial charge in [0.2, 0.25) is 12.5 Å². The Hall–Kier alpha value is -3.87. The maximum Gasteiger partial charge on any atom is 0.344 e. The van der Waals surface area contributed by atoms with Gasteiger partial charge >= 0.3 is 11.9 Å². The molecule has 2 heterocycles. The lowest BCUT2D eigenvalue weighted by Gasteiger charge is -2.38. The highest BCUT2D eigenvalue weighted by Gasteiger charge is 2.54. The number of rotatable bonds is 8. The van der Waals surface area contributed by atoms with E-state index in [1.165, 1.54) is 21.3 Å². The second-order valence-electron chi connectivity index (χ2n) is 9.74. The third-order valence-corrected chi connectivity index (χ3v) is 8.31. The molecule has 0 radical (unpaired) electrons. The molecule has 2 aliphatic heterocycles. The summed E-state index contributed by atoms with van der Waals surface area (Å²) in [5.41, 5.74) is 2.20. The molecular formula is C30H27IO10. The van der Waals surface area contributed by atoms with E-state index >= 15 is 0 Å². The van der Waals surface area contributed by atoms with Gasteiger partial charge in [0.15, 0.2) is 29.6 Å². The molecule has 3 aliphatic rings. The number of cyclic esters (lactones) is 1. The summed E-state index contributed by atoms with van der Waals surface area (Å²) in [5.74, 6) is 0.427. The normalized spacial score (nSPS) is 21.8. The Morgan fingerprint density at radius 3 is 2.20 bits per heavy atom. The number of benzene rings is 3. The second kappa shape index (κ2) is 11.2. The van der Waals surface area contributed by atoms with Gasteiger partial charge in [-0.3, -0.25) is 4.79 Å². The molecule has 1 aliphatic carbocycles. The van der Waals surface area contributed by atoms with E-state index in [1.54, 1.807) is 12.1 Å². The molecule has 41 heavy (non-hydrogen) atoms. The number of fused-ring (bicyclic) bond motifs is 3. The molecule has 0 saturated carbocycles. The van der Waals surface area contributed by atoms with Crippen LogP contribution in [0.2, 0.25) is 0 Å². The van der Waals surface area contributed by atoms with E-state index in [0.717, 1.165) is 14.7 Å². The molecule has 3 aromatic rings. The molecule has 4 atom stereocenters. The molecule has 0 amide bonds. The molecule has 6 rings (SSSR count). The quantitative estimate of drug-likeness (QED) is 0.248. The average Bonchev–Trinajstić information content (AvgIpc) is 3.61. The van der Waals surface area contributed by atoms with Crippen molar-refractivity contribution in [3.63, 3.8) is 0 Å².